The van der Waals surface area contributed by atoms with E-state index in [-0.39, 0.29) is 10.8 Å². The molecule has 0 saturated heterocycles. The first-order valence-corrected chi connectivity index (χ1v) is 6.31. The number of fused-ring (bicyclic) bond motifs is 1. The number of benzene rings is 1. The molecule has 92 valence electrons. The van der Waals surface area contributed by atoms with Crippen molar-refractivity contribution in [2.45, 2.75) is 52.4 Å². The van der Waals surface area contributed by atoms with E-state index >= 15 is 0 Å². The van der Waals surface area contributed by atoms with Crippen LogP contribution in [0, 0.1) is 0 Å². The lowest BCUT2D eigenvalue weighted by molar-refractivity contribution is 0.531. The van der Waals surface area contributed by atoms with Crippen LogP contribution in [0.1, 0.15) is 52.7 Å². The van der Waals surface area contributed by atoms with Gasteiger partial charge in [-0.2, -0.15) is 0 Å². The fraction of sp³-hybridized carbons (Fsp3) is 0.500. The number of H-pyrrole nitrogens is 1. The van der Waals surface area contributed by atoms with Gasteiger partial charge in [0, 0.05) is 12.4 Å². The van der Waals surface area contributed by atoms with E-state index in [2.05, 4.69) is 71.1 Å². The molecule has 1 heteroatoms. The molecule has 0 saturated carbocycles. The van der Waals surface area contributed by atoms with Crippen LogP contribution in [-0.2, 0) is 10.8 Å². The largest absolute Gasteiger partial charge is 0.366 e. The second-order valence-electron chi connectivity index (χ2n) is 6.98. The van der Waals surface area contributed by atoms with Crippen LogP contribution in [0.3, 0.4) is 0 Å². The normalized spacial score (nSPS) is 13.3. The number of hydrogen-bond donors (Lipinski definition) is 1. The third kappa shape index (κ3) is 2.24. The molecule has 0 atom stereocenters. The standard InChI is InChI=1S/C16H23N/c1-15(2,3)13-7-11-9-17-10-12(11)8-14(13)16(4,5)6/h7-10,17H,1-6H3. The van der Waals surface area contributed by atoms with E-state index in [0.29, 0.717) is 0 Å². The second kappa shape index (κ2) is 3.63. The highest BCUT2D eigenvalue weighted by molar-refractivity contribution is 5.84. The van der Waals surface area contributed by atoms with E-state index in [4.69, 9.17) is 0 Å². The first kappa shape index (κ1) is 12.2. The smallest absolute Gasteiger partial charge is 0.00844 e. The van der Waals surface area contributed by atoms with Gasteiger partial charge in [-0.1, -0.05) is 41.5 Å². The Morgan fingerprint density at radius 3 is 1.35 bits per heavy atom. The molecule has 0 radical (unpaired) electrons. The molecule has 0 amide bonds. The van der Waals surface area contributed by atoms with Crippen molar-refractivity contribution in [2.24, 2.45) is 0 Å². The van der Waals surface area contributed by atoms with Gasteiger partial charge in [0.25, 0.3) is 0 Å². The van der Waals surface area contributed by atoms with Gasteiger partial charge in [0.1, 0.15) is 0 Å². The SMILES string of the molecule is CC(C)(C)c1cc2c[nH]cc2cc1C(C)(C)C. The minimum Gasteiger partial charge on any atom is -0.366 e. The molecule has 0 fully saturated rings. The van der Waals surface area contributed by atoms with Crippen molar-refractivity contribution in [1.82, 2.24) is 4.98 Å². The summed E-state index contributed by atoms with van der Waals surface area (Å²) < 4.78 is 0. The highest BCUT2D eigenvalue weighted by atomic mass is 14.6. The molecular formula is C16H23N. The van der Waals surface area contributed by atoms with E-state index in [1.807, 2.05) is 0 Å². The van der Waals surface area contributed by atoms with Crippen molar-refractivity contribution in [3.63, 3.8) is 0 Å². The predicted molar refractivity (Wildman–Crippen MR) is 75.7 cm³/mol. The lowest BCUT2D eigenvalue weighted by atomic mass is 9.74. The van der Waals surface area contributed by atoms with Gasteiger partial charge in [0.05, 0.1) is 0 Å². The van der Waals surface area contributed by atoms with E-state index in [9.17, 15) is 0 Å². The average Bonchev–Trinajstić information content (AvgIpc) is 2.59. The zero-order valence-corrected chi connectivity index (χ0v) is 11.8. The van der Waals surface area contributed by atoms with Crippen molar-refractivity contribution in [3.05, 3.63) is 35.7 Å². The molecule has 0 aliphatic carbocycles. The molecular weight excluding hydrogens is 206 g/mol. The number of hydrogen-bond acceptors (Lipinski definition) is 0. The minimum atomic E-state index is 0.189. The topological polar surface area (TPSA) is 15.8 Å². The molecule has 1 heterocycles. The highest BCUT2D eigenvalue weighted by Gasteiger charge is 2.25. The molecule has 0 bridgehead atoms. The molecule has 17 heavy (non-hydrogen) atoms. The van der Waals surface area contributed by atoms with Crippen molar-refractivity contribution in [2.75, 3.05) is 0 Å². The van der Waals surface area contributed by atoms with Crippen LogP contribution in [0.15, 0.2) is 24.5 Å². The molecule has 0 aliphatic heterocycles. The Morgan fingerprint density at radius 2 is 1.06 bits per heavy atom. The summed E-state index contributed by atoms with van der Waals surface area (Å²) in [5, 5.41) is 2.62. The van der Waals surface area contributed by atoms with Gasteiger partial charge < -0.3 is 4.98 Å². The summed E-state index contributed by atoms with van der Waals surface area (Å²) in [4.78, 5) is 3.20. The van der Waals surface area contributed by atoms with Crippen LogP contribution in [0.4, 0.5) is 0 Å². The first-order chi connectivity index (χ1) is 7.69. The minimum absolute atomic E-state index is 0.189. The Bertz CT molecular complexity index is 485. The van der Waals surface area contributed by atoms with Gasteiger partial charge >= 0.3 is 0 Å². The second-order valence-corrected chi connectivity index (χ2v) is 6.98. The third-order valence-corrected chi connectivity index (χ3v) is 3.32. The molecule has 1 N–H and O–H groups in total. The highest BCUT2D eigenvalue weighted by Crippen LogP contribution is 2.36. The Labute approximate surface area is 104 Å². The van der Waals surface area contributed by atoms with Gasteiger partial charge in [0.2, 0.25) is 0 Å². The molecule has 1 aromatic heterocycles. The van der Waals surface area contributed by atoms with Crippen LogP contribution in [0.25, 0.3) is 10.8 Å². The molecule has 1 nitrogen and oxygen atoms in total. The Balaban J connectivity index is 2.78. The summed E-state index contributed by atoms with van der Waals surface area (Å²) in [6.07, 6.45) is 4.16. The molecule has 1 aromatic carbocycles. The van der Waals surface area contributed by atoms with Crippen LogP contribution < -0.4 is 0 Å². The number of nitrogens with one attached hydrogen (secondary N) is 1. The maximum atomic E-state index is 3.20. The Hall–Kier alpha value is -1.24. The monoisotopic (exact) mass is 229 g/mol. The van der Waals surface area contributed by atoms with Crippen LogP contribution >= 0.6 is 0 Å². The average molecular weight is 229 g/mol. The third-order valence-electron chi connectivity index (χ3n) is 3.32. The predicted octanol–water partition coefficient (Wildman–Crippen LogP) is 4.76. The van der Waals surface area contributed by atoms with Gasteiger partial charge in [-0.15, -0.1) is 0 Å². The van der Waals surface area contributed by atoms with E-state index < -0.39 is 0 Å². The van der Waals surface area contributed by atoms with Crippen molar-refractivity contribution < 1.29 is 0 Å². The zero-order chi connectivity index (χ0) is 12.8. The van der Waals surface area contributed by atoms with Gasteiger partial charge in [-0.05, 0) is 44.9 Å². The fourth-order valence-corrected chi connectivity index (χ4v) is 2.35. The van der Waals surface area contributed by atoms with Crippen molar-refractivity contribution in [1.29, 1.82) is 0 Å². The lowest BCUT2D eigenvalue weighted by Crippen LogP contribution is -2.21. The number of aromatic amines is 1. The van der Waals surface area contributed by atoms with E-state index in [0.717, 1.165) is 0 Å². The maximum absolute atomic E-state index is 3.20. The Kier molecular flexibility index (Phi) is 2.61. The molecule has 0 unspecified atom stereocenters. The lowest BCUT2D eigenvalue weighted by Gasteiger charge is -2.30. The van der Waals surface area contributed by atoms with E-state index in [1.165, 1.54) is 21.9 Å². The van der Waals surface area contributed by atoms with Crippen molar-refractivity contribution >= 4 is 10.8 Å². The molecule has 2 rings (SSSR count). The summed E-state index contributed by atoms with van der Waals surface area (Å²) in [5.41, 5.74) is 3.29. The molecule has 0 spiro atoms. The molecule has 0 aliphatic rings. The van der Waals surface area contributed by atoms with Gasteiger partial charge in [0.15, 0.2) is 0 Å². The summed E-state index contributed by atoms with van der Waals surface area (Å²) in [6, 6.07) is 4.68. The maximum Gasteiger partial charge on any atom is 0.00844 e. The first-order valence-electron chi connectivity index (χ1n) is 6.31. The summed E-state index contributed by atoms with van der Waals surface area (Å²) in [5.74, 6) is 0. The van der Waals surface area contributed by atoms with Crippen LogP contribution in [-0.4, -0.2) is 4.98 Å². The Morgan fingerprint density at radius 1 is 0.706 bits per heavy atom. The quantitative estimate of drug-likeness (QED) is 0.670. The van der Waals surface area contributed by atoms with Crippen LogP contribution in [0.5, 0.6) is 0 Å². The summed E-state index contributed by atoms with van der Waals surface area (Å²) in [6.45, 7) is 13.7. The van der Waals surface area contributed by atoms with Gasteiger partial charge in [-0.25, -0.2) is 0 Å². The van der Waals surface area contributed by atoms with Crippen LogP contribution in [0.2, 0.25) is 0 Å². The fourth-order valence-electron chi connectivity index (χ4n) is 2.35. The summed E-state index contributed by atoms with van der Waals surface area (Å²) >= 11 is 0. The van der Waals surface area contributed by atoms with E-state index in [1.54, 1.807) is 0 Å². The number of rotatable bonds is 0. The summed E-state index contributed by atoms with van der Waals surface area (Å²) in [7, 11) is 0. The molecule has 2 aromatic rings. The van der Waals surface area contributed by atoms with Crippen molar-refractivity contribution in [3.8, 4) is 0 Å². The number of aromatic nitrogens is 1. The zero-order valence-electron chi connectivity index (χ0n) is 11.8. The van der Waals surface area contributed by atoms with Gasteiger partial charge in [-0.3, -0.25) is 0 Å².